The van der Waals surface area contributed by atoms with Crippen LogP contribution in [0, 0.1) is 0 Å². The highest BCUT2D eigenvalue weighted by atomic mass is 35.5. The molecule has 0 radical (unpaired) electrons. The quantitative estimate of drug-likeness (QED) is 0.779. The Bertz CT molecular complexity index is 539. The normalized spacial score (nSPS) is 14.5. The molecule has 2 aromatic rings. The largest absolute Gasteiger partial charge is 0.454 e. The van der Waals surface area contributed by atoms with Gasteiger partial charge in [0.05, 0.1) is 5.38 Å². The fourth-order valence-corrected chi connectivity index (χ4v) is 2.38. The molecule has 1 aliphatic heterocycles. The van der Waals surface area contributed by atoms with E-state index >= 15 is 0 Å². The molecule has 1 atom stereocenters. The molecule has 0 aromatic heterocycles. The van der Waals surface area contributed by atoms with Crippen molar-refractivity contribution in [2.45, 2.75) is 11.8 Å². The molecule has 0 saturated carbocycles. The predicted octanol–water partition coefficient (Wildman–Crippen LogP) is 3.94. The van der Waals surface area contributed by atoms with Gasteiger partial charge >= 0.3 is 0 Å². The van der Waals surface area contributed by atoms with E-state index in [1.165, 1.54) is 0 Å². The van der Waals surface area contributed by atoms with Gasteiger partial charge in [0.15, 0.2) is 11.5 Å². The summed E-state index contributed by atoms with van der Waals surface area (Å²) >= 11 is 6.42. The lowest BCUT2D eigenvalue weighted by atomic mass is 10.0. The predicted molar refractivity (Wildman–Crippen MR) is 71.3 cm³/mol. The molecule has 3 heteroatoms. The molecular weight excluding hydrogens is 248 g/mol. The van der Waals surface area contributed by atoms with E-state index in [1.807, 2.05) is 48.5 Å². The van der Waals surface area contributed by atoms with Gasteiger partial charge in [0.25, 0.3) is 0 Å². The maximum atomic E-state index is 6.42. The van der Waals surface area contributed by atoms with Crippen molar-refractivity contribution < 1.29 is 9.47 Å². The van der Waals surface area contributed by atoms with Crippen molar-refractivity contribution in [1.82, 2.24) is 0 Å². The summed E-state index contributed by atoms with van der Waals surface area (Å²) in [5.41, 5.74) is 2.29. The van der Waals surface area contributed by atoms with Gasteiger partial charge in [-0.25, -0.2) is 0 Å². The Balaban J connectivity index is 1.77. The van der Waals surface area contributed by atoms with Crippen molar-refractivity contribution in [2.24, 2.45) is 0 Å². The van der Waals surface area contributed by atoms with Crippen LogP contribution in [0.2, 0.25) is 0 Å². The first-order chi connectivity index (χ1) is 8.83. The molecule has 1 unspecified atom stereocenters. The van der Waals surface area contributed by atoms with Gasteiger partial charge in [-0.15, -0.1) is 11.6 Å². The second kappa shape index (κ2) is 4.91. The molecule has 18 heavy (non-hydrogen) atoms. The van der Waals surface area contributed by atoms with E-state index in [0.717, 1.165) is 29.0 Å². The van der Waals surface area contributed by atoms with Crippen molar-refractivity contribution in [3.05, 3.63) is 59.7 Å². The van der Waals surface area contributed by atoms with Crippen LogP contribution in [0.1, 0.15) is 16.5 Å². The molecule has 2 aromatic carbocycles. The summed E-state index contributed by atoms with van der Waals surface area (Å²) in [6.45, 7) is 0.307. The van der Waals surface area contributed by atoms with E-state index in [1.54, 1.807) is 0 Å². The third-order valence-electron chi connectivity index (χ3n) is 3.01. The maximum Gasteiger partial charge on any atom is 0.231 e. The van der Waals surface area contributed by atoms with Crippen LogP contribution in [-0.2, 0) is 6.42 Å². The molecule has 0 fully saturated rings. The summed E-state index contributed by atoms with van der Waals surface area (Å²) in [6.07, 6.45) is 0.780. The first kappa shape index (κ1) is 11.4. The van der Waals surface area contributed by atoms with Gasteiger partial charge in [-0.2, -0.15) is 0 Å². The zero-order valence-corrected chi connectivity index (χ0v) is 10.6. The number of ether oxygens (including phenoxy) is 2. The van der Waals surface area contributed by atoms with Crippen LogP contribution in [0.4, 0.5) is 0 Å². The summed E-state index contributed by atoms with van der Waals surface area (Å²) in [7, 11) is 0. The Labute approximate surface area is 111 Å². The Morgan fingerprint density at radius 1 is 1.00 bits per heavy atom. The molecule has 0 N–H and O–H groups in total. The smallest absolute Gasteiger partial charge is 0.231 e. The van der Waals surface area contributed by atoms with Crippen LogP contribution in [0.25, 0.3) is 0 Å². The lowest BCUT2D eigenvalue weighted by Gasteiger charge is -2.10. The van der Waals surface area contributed by atoms with E-state index in [2.05, 4.69) is 0 Å². The zero-order valence-electron chi connectivity index (χ0n) is 9.80. The molecular formula is C15H13ClO2. The monoisotopic (exact) mass is 260 g/mol. The third kappa shape index (κ3) is 2.29. The van der Waals surface area contributed by atoms with Crippen molar-refractivity contribution in [1.29, 1.82) is 0 Å². The summed E-state index contributed by atoms with van der Waals surface area (Å²) in [5.74, 6) is 1.62. The fraction of sp³-hybridized carbons (Fsp3) is 0.200. The fourth-order valence-electron chi connectivity index (χ4n) is 2.05. The summed E-state index contributed by atoms with van der Waals surface area (Å²) in [4.78, 5) is 0. The number of rotatable bonds is 3. The van der Waals surface area contributed by atoms with E-state index in [0.29, 0.717) is 6.79 Å². The van der Waals surface area contributed by atoms with Crippen molar-refractivity contribution in [3.8, 4) is 11.5 Å². The van der Waals surface area contributed by atoms with Crippen LogP contribution in [0.3, 0.4) is 0 Å². The Morgan fingerprint density at radius 3 is 2.61 bits per heavy atom. The SMILES string of the molecule is ClC(Cc1ccc2c(c1)OCO2)c1ccccc1. The lowest BCUT2D eigenvalue weighted by Crippen LogP contribution is -1.95. The van der Waals surface area contributed by atoms with E-state index in [9.17, 15) is 0 Å². The molecule has 92 valence electrons. The average Bonchev–Trinajstić information content (AvgIpc) is 2.87. The van der Waals surface area contributed by atoms with Gasteiger partial charge in [0.1, 0.15) is 0 Å². The second-order valence-electron chi connectivity index (χ2n) is 4.27. The molecule has 0 spiro atoms. The van der Waals surface area contributed by atoms with Gasteiger partial charge in [-0.1, -0.05) is 36.4 Å². The minimum Gasteiger partial charge on any atom is -0.454 e. The van der Waals surface area contributed by atoms with Crippen LogP contribution >= 0.6 is 11.6 Å². The van der Waals surface area contributed by atoms with E-state index in [-0.39, 0.29) is 5.38 Å². The average molecular weight is 261 g/mol. The van der Waals surface area contributed by atoms with Crippen LogP contribution in [0.5, 0.6) is 11.5 Å². The number of halogens is 1. The molecule has 1 aliphatic rings. The van der Waals surface area contributed by atoms with Gasteiger partial charge < -0.3 is 9.47 Å². The number of hydrogen-bond donors (Lipinski definition) is 0. The summed E-state index contributed by atoms with van der Waals surface area (Å²) in [5, 5.41) is -0.0217. The van der Waals surface area contributed by atoms with E-state index in [4.69, 9.17) is 21.1 Å². The molecule has 2 nitrogen and oxygen atoms in total. The highest BCUT2D eigenvalue weighted by Gasteiger charge is 2.15. The van der Waals surface area contributed by atoms with Crippen LogP contribution in [0.15, 0.2) is 48.5 Å². The van der Waals surface area contributed by atoms with Gasteiger partial charge in [-0.3, -0.25) is 0 Å². The van der Waals surface area contributed by atoms with Gasteiger partial charge in [0.2, 0.25) is 6.79 Å². The minimum absolute atomic E-state index is 0.0217. The van der Waals surface area contributed by atoms with Crippen molar-refractivity contribution in [2.75, 3.05) is 6.79 Å². The highest BCUT2D eigenvalue weighted by molar-refractivity contribution is 6.20. The highest BCUT2D eigenvalue weighted by Crippen LogP contribution is 2.34. The molecule has 0 aliphatic carbocycles. The molecule has 1 heterocycles. The summed E-state index contributed by atoms with van der Waals surface area (Å²) in [6, 6.07) is 16.1. The minimum atomic E-state index is -0.0217. The Kier molecular flexibility index (Phi) is 3.11. The van der Waals surface area contributed by atoms with Gasteiger partial charge in [0, 0.05) is 0 Å². The number of hydrogen-bond acceptors (Lipinski definition) is 2. The van der Waals surface area contributed by atoms with Crippen LogP contribution < -0.4 is 9.47 Å². The van der Waals surface area contributed by atoms with E-state index < -0.39 is 0 Å². The lowest BCUT2D eigenvalue weighted by molar-refractivity contribution is 0.174. The van der Waals surface area contributed by atoms with Gasteiger partial charge in [-0.05, 0) is 29.7 Å². The van der Waals surface area contributed by atoms with Crippen molar-refractivity contribution in [3.63, 3.8) is 0 Å². The first-order valence-corrected chi connectivity index (χ1v) is 6.34. The zero-order chi connectivity index (χ0) is 12.4. The Hall–Kier alpha value is -1.67. The molecule has 0 amide bonds. The second-order valence-corrected chi connectivity index (χ2v) is 4.80. The molecule has 0 saturated heterocycles. The maximum absolute atomic E-state index is 6.42. The standard InChI is InChI=1S/C15H13ClO2/c16-13(12-4-2-1-3-5-12)8-11-6-7-14-15(9-11)18-10-17-14/h1-7,9,13H,8,10H2. The molecule has 3 rings (SSSR count). The number of benzene rings is 2. The Morgan fingerprint density at radius 2 is 1.78 bits per heavy atom. The topological polar surface area (TPSA) is 18.5 Å². The van der Waals surface area contributed by atoms with Crippen LogP contribution in [-0.4, -0.2) is 6.79 Å². The number of alkyl halides is 1. The number of fused-ring (bicyclic) bond motifs is 1. The van der Waals surface area contributed by atoms with Crippen molar-refractivity contribution >= 4 is 11.6 Å². The summed E-state index contributed by atoms with van der Waals surface area (Å²) < 4.78 is 10.6. The first-order valence-electron chi connectivity index (χ1n) is 5.90. The molecule has 0 bridgehead atoms. The third-order valence-corrected chi connectivity index (χ3v) is 3.42.